The summed E-state index contributed by atoms with van der Waals surface area (Å²) in [6.45, 7) is 3.09. The first-order valence-corrected chi connectivity index (χ1v) is 7.60. The fourth-order valence-corrected chi connectivity index (χ4v) is 3.28. The Morgan fingerprint density at radius 2 is 2.14 bits per heavy atom. The van der Waals surface area contributed by atoms with Crippen molar-refractivity contribution in [3.8, 4) is 5.75 Å². The molecule has 1 N–H and O–H groups in total. The van der Waals surface area contributed by atoms with Crippen LogP contribution in [0.4, 0.5) is 0 Å². The van der Waals surface area contributed by atoms with Crippen LogP contribution >= 0.6 is 0 Å². The van der Waals surface area contributed by atoms with E-state index in [1.807, 2.05) is 11.7 Å². The highest BCUT2D eigenvalue weighted by Gasteiger charge is 2.45. The molecule has 1 heterocycles. The van der Waals surface area contributed by atoms with Crippen molar-refractivity contribution < 1.29 is 4.74 Å². The highest BCUT2D eigenvalue weighted by Crippen LogP contribution is 2.54. The van der Waals surface area contributed by atoms with Gasteiger partial charge in [0.25, 0.3) is 0 Å². The molecule has 2 aromatic rings. The van der Waals surface area contributed by atoms with Crippen molar-refractivity contribution in [2.45, 2.75) is 25.3 Å². The van der Waals surface area contributed by atoms with Crippen molar-refractivity contribution in [2.75, 3.05) is 13.7 Å². The Morgan fingerprint density at radius 3 is 2.81 bits per heavy atom. The van der Waals surface area contributed by atoms with Gasteiger partial charge in [-0.05, 0) is 30.4 Å². The normalized spacial score (nSPS) is 22.0. The summed E-state index contributed by atoms with van der Waals surface area (Å²) in [6, 6.07) is 11.1. The van der Waals surface area contributed by atoms with E-state index < -0.39 is 0 Å². The fourth-order valence-electron chi connectivity index (χ4n) is 3.28. The van der Waals surface area contributed by atoms with Gasteiger partial charge in [0.1, 0.15) is 0 Å². The fraction of sp³-hybridized carbons (Fsp3) is 0.471. The van der Waals surface area contributed by atoms with Crippen LogP contribution in [0.5, 0.6) is 5.75 Å². The lowest BCUT2D eigenvalue weighted by molar-refractivity contribution is 0.383. The number of hydrogen-bond acceptors (Lipinski definition) is 3. The molecule has 1 fully saturated rings. The van der Waals surface area contributed by atoms with Gasteiger partial charge in [0.05, 0.1) is 25.0 Å². The number of rotatable bonds is 6. The molecule has 0 aliphatic heterocycles. The van der Waals surface area contributed by atoms with Gasteiger partial charge in [-0.15, -0.1) is 0 Å². The van der Waals surface area contributed by atoms with E-state index in [2.05, 4.69) is 47.7 Å². The minimum atomic E-state index is 0.294. The minimum Gasteiger partial charge on any atom is -0.493 e. The molecule has 0 bridgehead atoms. The van der Waals surface area contributed by atoms with Gasteiger partial charge in [0.2, 0.25) is 0 Å². The van der Waals surface area contributed by atoms with E-state index in [0.717, 1.165) is 18.0 Å². The zero-order valence-electron chi connectivity index (χ0n) is 12.9. The number of benzene rings is 1. The molecule has 4 nitrogen and oxygen atoms in total. The Morgan fingerprint density at radius 1 is 1.38 bits per heavy atom. The smallest absolute Gasteiger partial charge is 0.161 e. The maximum Gasteiger partial charge on any atom is 0.161 e. The highest BCUT2D eigenvalue weighted by molar-refractivity contribution is 5.34. The lowest BCUT2D eigenvalue weighted by Gasteiger charge is -2.20. The second-order valence-corrected chi connectivity index (χ2v) is 5.67. The molecule has 3 atom stereocenters. The molecular weight excluding hydrogens is 262 g/mol. The largest absolute Gasteiger partial charge is 0.493 e. The Labute approximate surface area is 126 Å². The molecule has 3 rings (SSSR count). The monoisotopic (exact) mass is 285 g/mol. The van der Waals surface area contributed by atoms with E-state index in [-0.39, 0.29) is 0 Å². The van der Waals surface area contributed by atoms with Crippen LogP contribution in [0, 0.1) is 5.92 Å². The third-order valence-corrected chi connectivity index (χ3v) is 4.38. The van der Waals surface area contributed by atoms with Crippen LogP contribution in [0.2, 0.25) is 0 Å². The molecule has 4 heteroatoms. The topological polar surface area (TPSA) is 39.1 Å². The maximum absolute atomic E-state index is 5.49. The van der Waals surface area contributed by atoms with Crippen LogP contribution in [0.3, 0.4) is 0 Å². The molecule has 1 saturated carbocycles. The third kappa shape index (κ3) is 2.68. The van der Waals surface area contributed by atoms with E-state index in [1.54, 1.807) is 13.3 Å². The van der Waals surface area contributed by atoms with Gasteiger partial charge in [-0.3, -0.25) is 4.68 Å². The predicted octanol–water partition coefficient (Wildman–Crippen LogP) is 2.88. The van der Waals surface area contributed by atoms with Crippen molar-refractivity contribution in [1.82, 2.24) is 15.1 Å². The summed E-state index contributed by atoms with van der Waals surface area (Å²) in [5.74, 6) is 2.12. The summed E-state index contributed by atoms with van der Waals surface area (Å²) >= 11 is 0. The number of methoxy groups -OCH3 is 1. The number of aromatic nitrogens is 2. The van der Waals surface area contributed by atoms with E-state index >= 15 is 0 Å². The predicted molar refractivity (Wildman–Crippen MR) is 83.5 cm³/mol. The van der Waals surface area contributed by atoms with Crippen LogP contribution in [0.1, 0.15) is 36.6 Å². The van der Waals surface area contributed by atoms with Crippen molar-refractivity contribution >= 4 is 0 Å². The first kappa shape index (κ1) is 14.1. The van der Waals surface area contributed by atoms with Gasteiger partial charge >= 0.3 is 0 Å². The Kier molecular flexibility index (Phi) is 3.97. The van der Waals surface area contributed by atoms with Crippen LogP contribution < -0.4 is 10.1 Å². The molecule has 1 aliphatic rings. The molecule has 0 saturated heterocycles. The molecule has 0 spiro atoms. The molecular formula is C17H23N3O. The lowest BCUT2D eigenvalue weighted by atomic mass is 10.0. The molecule has 112 valence electrons. The molecule has 21 heavy (non-hydrogen) atoms. The van der Waals surface area contributed by atoms with E-state index in [1.165, 1.54) is 12.0 Å². The number of nitrogens with zero attached hydrogens (tertiary/aromatic N) is 2. The van der Waals surface area contributed by atoms with Gasteiger partial charge in [-0.25, -0.2) is 0 Å². The van der Waals surface area contributed by atoms with Gasteiger partial charge in [0.15, 0.2) is 5.75 Å². The summed E-state index contributed by atoms with van der Waals surface area (Å²) in [4.78, 5) is 0. The minimum absolute atomic E-state index is 0.294. The highest BCUT2D eigenvalue weighted by atomic mass is 16.5. The molecule has 1 aromatic heterocycles. The Balaban J connectivity index is 1.85. The molecule has 0 amide bonds. The van der Waals surface area contributed by atoms with Crippen molar-refractivity contribution in [2.24, 2.45) is 13.0 Å². The molecule has 1 aromatic carbocycles. The van der Waals surface area contributed by atoms with Crippen LogP contribution in [0.25, 0.3) is 0 Å². The summed E-state index contributed by atoms with van der Waals surface area (Å²) < 4.78 is 7.43. The second kappa shape index (κ2) is 5.90. The van der Waals surface area contributed by atoms with Gasteiger partial charge in [0, 0.05) is 7.05 Å². The Hall–Kier alpha value is -1.81. The second-order valence-electron chi connectivity index (χ2n) is 5.67. The van der Waals surface area contributed by atoms with Crippen molar-refractivity contribution in [3.05, 3.63) is 47.8 Å². The quantitative estimate of drug-likeness (QED) is 0.887. The van der Waals surface area contributed by atoms with Gasteiger partial charge < -0.3 is 10.1 Å². The van der Waals surface area contributed by atoms with Gasteiger partial charge in [-0.1, -0.05) is 37.3 Å². The van der Waals surface area contributed by atoms with E-state index in [0.29, 0.717) is 17.9 Å². The summed E-state index contributed by atoms with van der Waals surface area (Å²) in [6.07, 6.45) is 3.02. The molecule has 3 unspecified atom stereocenters. The molecule has 1 aliphatic carbocycles. The van der Waals surface area contributed by atoms with Crippen LogP contribution in [0.15, 0.2) is 36.5 Å². The average Bonchev–Trinajstić information content (AvgIpc) is 3.22. The number of nitrogens with one attached hydrogen (secondary N) is 1. The van der Waals surface area contributed by atoms with Crippen molar-refractivity contribution in [3.63, 3.8) is 0 Å². The lowest BCUT2D eigenvalue weighted by Crippen LogP contribution is -2.26. The Bertz CT molecular complexity index is 593. The number of ether oxygens (including phenoxy) is 1. The van der Waals surface area contributed by atoms with Crippen LogP contribution in [-0.4, -0.2) is 23.4 Å². The zero-order valence-corrected chi connectivity index (χ0v) is 12.9. The average molecular weight is 285 g/mol. The number of aryl methyl sites for hydroxylation is 1. The van der Waals surface area contributed by atoms with Gasteiger partial charge in [-0.2, -0.15) is 5.10 Å². The first-order chi connectivity index (χ1) is 10.3. The zero-order chi connectivity index (χ0) is 14.8. The molecule has 0 radical (unpaired) electrons. The SMILES string of the molecule is CCNC(c1c(OC)cnn1C)C1CC1c1ccccc1. The summed E-state index contributed by atoms with van der Waals surface area (Å²) in [5, 5.41) is 7.97. The van der Waals surface area contributed by atoms with Crippen LogP contribution in [-0.2, 0) is 7.05 Å². The summed E-state index contributed by atoms with van der Waals surface area (Å²) in [7, 11) is 3.70. The maximum atomic E-state index is 5.49. The van der Waals surface area contributed by atoms with E-state index in [9.17, 15) is 0 Å². The standard InChI is InChI=1S/C17H23N3O/c1-4-18-16(17-15(21-3)11-19-20(17)2)14-10-13(14)12-8-6-5-7-9-12/h5-9,11,13-14,16,18H,4,10H2,1-3H3. The number of hydrogen-bond donors (Lipinski definition) is 1. The summed E-state index contributed by atoms with van der Waals surface area (Å²) in [5.41, 5.74) is 2.59. The van der Waals surface area contributed by atoms with Crippen molar-refractivity contribution in [1.29, 1.82) is 0 Å². The van der Waals surface area contributed by atoms with E-state index in [4.69, 9.17) is 4.74 Å². The first-order valence-electron chi connectivity index (χ1n) is 7.60. The third-order valence-electron chi connectivity index (χ3n) is 4.38.